The highest BCUT2D eigenvalue weighted by atomic mass is 32.2. The van der Waals surface area contributed by atoms with Gasteiger partial charge in [0.15, 0.2) is 21.3 Å². The highest BCUT2D eigenvalue weighted by Gasteiger charge is 2.38. The first-order valence-corrected chi connectivity index (χ1v) is 16.5. The Balaban J connectivity index is 1.71. The van der Waals surface area contributed by atoms with Crippen LogP contribution in [0, 0.1) is 11.6 Å². The van der Waals surface area contributed by atoms with Crippen molar-refractivity contribution in [3.8, 4) is 16.9 Å². The van der Waals surface area contributed by atoms with Crippen LogP contribution in [0.3, 0.4) is 0 Å². The fourth-order valence-corrected chi connectivity index (χ4v) is 6.99. The minimum atomic E-state index is -5.09. The number of anilines is 1. The van der Waals surface area contributed by atoms with Gasteiger partial charge in [-0.25, -0.2) is 31.5 Å². The van der Waals surface area contributed by atoms with Crippen LogP contribution < -0.4 is 10.6 Å². The van der Waals surface area contributed by atoms with Crippen molar-refractivity contribution in [2.75, 3.05) is 30.8 Å². The maximum Gasteiger partial charge on any atom is 0.417 e. The summed E-state index contributed by atoms with van der Waals surface area (Å²) < 4.78 is 100. The van der Waals surface area contributed by atoms with Gasteiger partial charge in [-0.3, -0.25) is 4.79 Å². The normalized spacial score (nSPS) is 17.3. The summed E-state index contributed by atoms with van der Waals surface area (Å²) in [5, 5.41) is -0.129. The smallest absolute Gasteiger partial charge is 0.350 e. The van der Waals surface area contributed by atoms with Crippen LogP contribution in [0.5, 0.6) is 0 Å². The summed E-state index contributed by atoms with van der Waals surface area (Å²) in [6, 6.07) is 6.94. The third kappa shape index (κ3) is 5.77. The quantitative estimate of drug-likeness (QED) is 0.204. The number of nitrogens with zero attached hydrogens (tertiary/aromatic N) is 5. The molecule has 2 fully saturated rings. The number of alkyl halides is 3. The van der Waals surface area contributed by atoms with E-state index in [9.17, 15) is 31.2 Å². The SMILES string of the molecule is C=CC(=O)N1CCN(c2nc(=O)n(-c3c(C4CC4)cccc3S(C)(=O)=O)c3nc(-c4c(F)cccc4C(F)(F)F)c(F)cc23)[C@@H](C)C1. The lowest BCUT2D eigenvalue weighted by Gasteiger charge is -2.40. The van der Waals surface area contributed by atoms with Gasteiger partial charge in [-0.05, 0) is 61.6 Å². The number of amides is 1. The lowest BCUT2D eigenvalue weighted by Crippen LogP contribution is -2.54. The Morgan fingerprint density at radius 2 is 1.74 bits per heavy atom. The molecule has 1 saturated heterocycles. The first-order valence-electron chi connectivity index (χ1n) is 14.6. The fourth-order valence-electron chi connectivity index (χ4n) is 6.11. The number of pyridine rings is 1. The number of carbonyl (C=O) groups excluding carboxylic acids is 1. The van der Waals surface area contributed by atoms with Gasteiger partial charge in [0.2, 0.25) is 5.91 Å². The number of hydrogen-bond donors (Lipinski definition) is 0. The van der Waals surface area contributed by atoms with Crippen molar-refractivity contribution in [1.29, 1.82) is 0 Å². The molecule has 1 amide bonds. The summed E-state index contributed by atoms with van der Waals surface area (Å²) in [4.78, 5) is 37.7. The average molecular weight is 674 g/mol. The monoisotopic (exact) mass is 673 g/mol. The van der Waals surface area contributed by atoms with Gasteiger partial charge in [0.05, 0.1) is 27.1 Å². The first-order chi connectivity index (χ1) is 22.1. The van der Waals surface area contributed by atoms with Crippen LogP contribution in [-0.4, -0.2) is 65.7 Å². The molecular weight excluding hydrogens is 645 g/mol. The molecule has 0 spiro atoms. The molecule has 1 aliphatic heterocycles. The highest BCUT2D eigenvalue weighted by molar-refractivity contribution is 7.90. The molecule has 1 atom stereocenters. The maximum atomic E-state index is 16.0. The number of sulfone groups is 1. The lowest BCUT2D eigenvalue weighted by atomic mass is 10.0. The van der Waals surface area contributed by atoms with Crippen molar-refractivity contribution in [3.05, 3.63) is 88.4 Å². The summed E-state index contributed by atoms with van der Waals surface area (Å²) >= 11 is 0. The minimum absolute atomic E-state index is 0.0770. The minimum Gasteiger partial charge on any atom is -0.350 e. The molecule has 0 N–H and O–H groups in total. The molecule has 1 saturated carbocycles. The molecule has 6 rings (SSSR count). The fraction of sp³-hybridized carbons (Fsp3) is 0.312. The molecular formula is C32H28F5N5O4S. The topological polar surface area (TPSA) is 105 Å². The Kier molecular flexibility index (Phi) is 7.93. The maximum absolute atomic E-state index is 16.0. The Hall–Kier alpha value is -4.66. The Bertz CT molecular complexity index is 2130. The zero-order valence-corrected chi connectivity index (χ0v) is 26.0. The van der Waals surface area contributed by atoms with E-state index in [1.165, 1.54) is 17.0 Å². The number of fused-ring (bicyclic) bond motifs is 1. The summed E-state index contributed by atoms with van der Waals surface area (Å²) in [6.45, 7) is 5.73. The van der Waals surface area contributed by atoms with E-state index in [0.717, 1.165) is 35.1 Å². The molecule has 9 nitrogen and oxygen atoms in total. The van der Waals surface area contributed by atoms with Gasteiger partial charge in [0.1, 0.15) is 17.3 Å². The number of halogens is 5. The molecule has 4 aromatic rings. The van der Waals surface area contributed by atoms with E-state index in [4.69, 9.17) is 0 Å². The third-order valence-corrected chi connectivity index (χ3v) is 9.54. The van der Waals surface area contributed by atoms with E-state index in [2.05, 4.69) is 16.5 Å². The van der Waals surface area contributed by atoms with Gasteiger partial charge in [-0.2, -0.15) is 18.2 Å². The summed E-state index contributed by atoms with van der Waals surface area (Å²) in [5.74, 6) is -3.26. The second-order valence-electron chi connectivity index (χ2n) is 11.7. The second-order valence-corrected chi connectivity index (χ2v) is 13.7. The Labute approximate surface area is 265 Å². The van der Waals surface area contributed by atoms with Crippen molar-refractivity contribution >= 4 is 32.6 Å². The molecule has 2 aromatic heterocycles. The van der Waals surface area contributed by atoms with Crippen molar-refractivity contribution in [2.24, 2.45) is 0 Å². The van der Waals surface area contributed by atoms with Crippen LogP contribution in [0.2, 0.25) is 0 Å². The van der Waals surface area contributed by atoms with Crippen LogP contribution in [-0.2, 0) is 20.8 Å². The molecule has 246 valence electrons. The Morgan fingerprint density at radius 1 is 1.04 bits per heavy atom. The van der Waals surface area contributed by atoms with E-state index in [1.54, 1.807) is 17.9 Å². The largest absolute Gasteiger partial charge is 0.417 e. The molecule has 3 heterocycles. The van der Waals surface area contributed by atoms with E-state index >= 15 is 8.78 Å². The molecule has 47 heavy (non-hydrogen) atoms. The van der Waals surface area contributed by atoms with Gasteiger partial charge >= 0.3 is 11.9 Å². The van der Waals surface area contributed by atoms with Crippen LogP contribution in [0.4, 0.5) is 27.8 Å². The van der Waals surface area contributed by atoms with Gasteiger partial charge in [0, 0.05) is 31.9 Å². The number of hydrogen-bond acceptors (Lipinski definition) is 7. The average Bonchev–Trinajstić information content (AvgIpc) is 3.85. The van der Waals surface area contributed by atoms with Crippen LogP contribution in [0.1, 0.15) is 36.8 Å². The number of benzene rings is 2. The number of carbonyl (C=O) groups is 1. The van der Waals surface area contributed by atoms with Gasteiger partial charge < -0.3 is 9.80 Å². The Morgan fingerprint density at radius 3 is 2.36 bits per heavy atom. The summed E-state index contributed by atoms with van der Waals surface area (Å²) in [6.07, 6.45) is -1.63. The predicted octanol–water partition coefficient (Wildman–Crippen LogP) is 5.25. The van der Waals surface area contributed by atoms with Crippen LogP contribution in [0.15, 0.2) is 64.8 Å². The zero-order valence-electron chi connectivity index (χ0n) is 25.2. The highest BCUT2D eigenvalue weighted by Crippen LogP contribution is 2.45. The van der Waals surface area contributed by atoms with E-state index < -0.39 is 61.8 Å². The molecule has 0 bridgehead atoms. The third-order valence-electron chi connectivity index (χ3n) is 8.41. The zero-order chi connectivity index (χ0) is 34.0. The number of rotatable bonds is 6. The molecule has 2 aromatic carbocycles. The first kappa shape index (κ1) is 32.3. The second kappa shape index (κ2) is 11.5. The van der Waals surface area contributed by atoms with Crippen molar-refractivity contribution in [3.63, 3.8) is 0 Å². The number of para-hydroxylation sites is 1. The van der Waals surface area contributed by atoms with E-state index in [1.807, 2.05) is 0 Å². The standard InChI is InChI=1S/C32H28F5N5O4S/c1-4-25(43)40-13-14-41(17(2)16-40)29-20-15-23(34)27(26-21(32(35,36)37)8-6-9-22(26)33)38-30(20)42(31(44)39-29)28-19(18-11-12-18)7-5-10-24(28)47(3,45)46/h4-10,15,17-18H,1,11-14,16H2,2-3H3/t17-/m0/s1. The van der Waals surface area contributed by atoms with Gasteiger partial charge in [-0.1, -0.05) is 24.8 Å². The summed E-state index contributed by atoms with van der Waals surface area (Å²) in [7, 11) is -4.01. The molecule has 0 unspecified atom stereocenters. The van der Waals surface area contributed by atoms with Gasteiger partial charge in [-0.15, -0.1) is 0 Å². The van der Waals surface area contributed by atoms with Crippen molar-refractivity contribution in [1.82, 2.24) is 19.4 Å². The van der Waals surface area contributed by atoms with Gasteiger partial charge in [0.25, 0.3) is 0 Å². The summed E-state index contributed by atoms with van der Waals surface area (Å²) in [5.41, 5.74) is -4.76. The number of aromatic nitrogens is 3. The van der Waals surface area contributed by atoms with Crippen LogP contribution in [0.25, 0.3) is 28.0 Å². The molecule has 15 heteroatoms. The van der Waals surface area contributed by atoms with Crippen molar-refractivity contribution in [2.45, 2.75) is 42.8 Å². The molecule has 2 aliphatic rings. The van der Waals surface area contributed by atoms with E-state index in [-0.39, 0.29) is 53.2 Å². The predicted molar refractivity (Wildman–Crippen MR) is 164 cm³/mol. The number of piperazine rings is 1. The molecule has 1 aliphatic carbocycles. The lowest BCUT2D eigenvalue weighted by molar-refractivity contribution is -0.137. The van der Waals surface area contributed by atoms with Crippen molar-refractivity contribution < 1.29 is 35.2 Å². The van der Waals surface area contributed by atoms with E-state index in [0.29, 0.717) is 24.5 Å². The van der Waals surface area contributed by atoms with Crippen LogP contribution >= 0.6 is 0 Å². The molecule has 0 radical (unpaired) electrons.